The standard InChI is InChI=1S/C19H18F3N5/c1-12-23-8-14-10-27(7-6-17(14)25-12)11-15-9-24-26-18(15)13-2-4-16(5-3-13)19(20,21)22/h2-5,8-9H,6-7,10-11H2,1H3,(H,24,26). The van der Waals surface area contributed by atoms with Crippen molar-refractivity contribution < 1.29 is 13.2 Å². The lowest BCUT2D eigenvalue weighted by molar-refractivity contribution is -0.137. The van der Waals surface area contributed by atoms with Crippen LogP contribution in [-0.2, 0) is 25.7 Å². The number of rotatable bonds is 3. The van der Waals surface area contributed by atoms with Crippen molar-refractivity contribution in [1.29, 1.82) is 0 Å². The monoisotopic (exact) mass is 373 g/mol. The van der Waals surface area contributed by atoms with Crippen LogP contribution in [0.25, 0.3) is 11.3 Å². The van der Waals surface area contributed by atoms with Crippen molar-refractivity contribution in [2.24, 2.45) is 0 Å². The molecule has 140 valence electrons. The lowest BCUT2D eigenvalue weighted by Gasteiger charge is -2.27. The van der Waals surface area contributed by atoms with Crippen molar-refractivity contribution in [2.75, 3.05) is 6.54 Å². The molecule has 1 aromatic carbocycles. The van der Waals surface area contributed by atoms with Gasteiger partial charge in [0.25, 0.3) is 0 Å². The van der Waals surface area contributed by atoms with E-state index in [0.29, 0.717) is 12.1 Å². The van der Waals surface area contributed by atoms with Gasteiger partial charge < -0.3 is 0 Å². The van der Waals surface area contributed by atoms with E-state index < -0.39 is 11.7 Å². The van der Waals surface area contributed by atoms with E-state index in [1.165, 1.54) is 12.1 Å². The summed E-state index contributed by atoms with van der Waals surface area (Å²) >= 11 is 0. The highest BCUT2D eigenvalue weighted by atomic mass is 19.4. The molecule has 0 radical (unpaired) electrons. The fraction of sp³-hybridized carbons (Fsp3) is 0.316. The van der Waals surface area contributed by atoms with Crippen LogP contribution in [-0.4, -0.2) is 31.6 Å². The van der Waals surface area contributed by atoms with Gasteiger partial charge in [-0.05, 0) is 24.6 Å². The highest BCUT2D eigenvalue weighted by Crippen LogP contribution is 2.31. The minimum Gasteiger partial charge on any atom is -0.294 e. The molecule has 5 nitrogen and oxygen atoms in total. The Morgan fingerprint density at radius 1 is 1.15 bits per heavy atom. The molecule has 0 unspecified atom stereocenters. The molecule has 0 bridgehead atoms. The third-order valence-corrected chi connectivity index (χ3v) is 4.75. The number of fused-ring (bicyclic) bond motifs is 1. The Morgan fingerprint density at radius 3 is 2.67 bits per heavy atom. The average Bonchev–Trinajstić information content (AvgIpc) is 3.09. The van der Waals surface area contributed by atoms with Crippen molar-refractivity contribution in [3.8, 4) is 11.3 Å². The van der Waals surface area contributed by atoms with Crippen LogP contribution in [0, 0.1) is 6.92 Å². The van der Waals surface area contributed by atoms with Crippen LogP contribution in [0.15, 0.2) is 36.7 Å². The quantitative estimate of drug-likeness (QED) is 0.760. The second-order valence-electron chi connectivity index (χ2n) is 6.70. The number of benzene rings is 1. The van der Waals surface area contributed by atoms with E-state index in [-0.39, 0.29) is 0 Å². The maximum atomic E-state index is 12.8. The second kappa shape index (κ2) is 6.77. The van der Waals surface area contributed by atoms with E-state index in [0.717, 1.165) is 60.0 Å². The number of aromatic amines is 1. The van der Waals surface area contributed by atoms with E-state index in [4.69, 9.17) is 0 Å². The summed E-state index contributed by atoms with van der Waals surface area (Å²) in [6.07, 6.45) is 0.118. The molecule has 0 spiro atoms. The van der Waals surface area contributed by atoms with Crippen LogP contribution in [0.4, 0.5) is 13.2 Å². The van der Waals surface area contributed by atoms with Gasteiger partial charge in [0, 0.05) is 49.1 Å². The Labute approximate surface area is 154 Å². The van der Waals surface area contributed by atoms with Gasteiger partial charge in [-0.2, -0.15) is 18.3 Å². The van der Waals surface area contributed by atoms with Gasteiger partial charge in [0.05, 0.1) is 17.5 Å². The largest absolute Gasteiger partial charge is 0.416 e. The fourth-order valence-corrected chi connectivity index (χ4v) is 3.36. The van der Waals surface area contributed by atoms with Crippen LogP contribution in [0.1, 0.15) is 28.2 Å². The van der Waals surface area contributed by atoms with Crippen LogP contribution in [0.2, 0.25) is 0 Å². The SMILES string of the molecule is Cc1ncc2c(n1)CCN(Cc1cn[nH]c1-c1ccc(C(F)(F)F)cc1)C2. The summed E-state index contributed by atoms with van der Waals surface area (Å²) in [6.45, 7) is 4.14. The first kappa shape index (κ1) is 17.7. The number of halogens is 3. The first-order chi connectivity index (χ1) is 12.9. The van der Waals surface area contributed by atoms with Gasteiger partial charge in [0.1, 0.15) is 5.82 Å². The molecule has 4 rings (SSSR count). The van der Waals surface area contributed by atoms with E-state index >= 15 is 0 Å². The predicted octanol–water partition coefficient (Wildman–Crippen LogP) is 3.75. The minimum absolute atomic E-state index is 0.653. The Hall–Kier alpha value is -2.74. The Balaban J connectivity index is 1.52. The average molecular weight is 373 g/mol. The third-order valence-electron chi connectivity index (χ3n) is 4.75. The topological polar surface area (TPSA) is 57.7 Å². The van der Waals surface area contributed by atoms with Crippen LogP contribution < -0.4 is 0 Å². The first-order valence-electron chi connectivity index (χ1n) is 8.64. The summed E-state index contributed by atoms with van der Waals surface area (Å²) in [7, 11) is 0. The smallest absolute Gasteiger partial charge is 0.294 e. The normalized spacial score (nSPS) is 15.0. The van der Waals surface area contributed by atoms with E-state index in [1.807, 2.05) is 13.1 Å². The molecule has 0 saturated heterocycles. The van der Waals surface area contributed by atoms with E-state index in [2.05, 4.69) is 25.1 Å². The van der Waals surface area contributed by atoms with Gasteiger partial charge in [-0.3, -0.25) is 10.00 Å². The Morgan fingerprint density at radius 2 is 1.93 bits per heavy atom. The number of nitrogens with zero attached hydrogens (tertiary/aromatic N) is 4. The van der Waals surface area contributed by atoms with Crippen molar-refractivity contribution in [3.63, 3.8) is 0 Å². The maximum absolute atomic E-state index is 12.8. The Kier molecular flexibility index (Phi) is 4.43. The third kappa shape index (κ3) is 3.71. The lowest BCUT2D eigenvalue weighted by atomic mass is 10.0. The van der Waals surface area contributed by atoms with Crippen molar-refractivity contribution in [3.05, 3.63) is 64.9 Å². The molecule has 0 amide bonds. The predicted molar refractivity (Wildman–Crippen MR) is 93.6 cm³/mol. The molecule has 1 N–H and O–H groups in total. The maximum Gasteiger partial charge on any atom is 0.416 e. The lowest BCUT2D eigenvalue weighted by Crippen LogP contribution is -2.31. The highest BCUT2D eigenvalue weighted by molar-refractivity contribution is 5.63. The molecule has 1 aliphatic heterocycles. The molecule has 3 aromatic rings. The second-order valence-corrected chi connectivity index (χ2v) is 6.70. The number of alkyl halides is 3. The Bertz CT molecular complexity index is 947. The van der Waals surface area contributed by atoms with Crippen molar-refractivity contribution >= 4 is 0 Å². The minimum atomic E-state index is -4.34. The molecule has 1 aliphatic rings. The number of hydrogen-bond acceptors (Lipinski definition) is 4. The molecule has 3 heterocycles. The summed E-state index contributed by atoms with van der Waals surface area (Å²) in [5.74, 6) is 0.779. The van der Waals surface area contributed by atoms with Gasteiger partial charge in [0.2, 0.25) is 0 Å². The highest BCUT2D eigenvalue weighted by Gasteiger charge is 2.30. The summed E-state index contributed by atoms with van der Waals surface area (Å²) in [6, 6.07) is 5.14. The summed E-state index contributed by atoms with van der Waals surface area (Å²) < 4.78 is 38.3. The van der Waals surface area contributed by atoms with Crippen LogP contribution in [0.3, 0.4) is 0 Å². The molecule has 0 fully saturated rings. The number of H-pyrrole nitrogens is 1. The summed E-state index contributed by atoms with van der Waals surface area (Å²) in [5.41, 5.74) is 3.93. The van der Waals surface area contributed by atoms with Gasteiger partial charge in [-0.1, -0.05) is 12.1 Å². The number of aryl methyl sites for hydroxylation is 1. The van der Waals surface area contributed by atoms with Gasteiger partial charge in [0.15, 0.2) is 0 Å². The van der Waals surface area contributed by atoms with E-state index in [1.54, 1.807) is 6.20 Å². The number of hydrogen-bond donors (Lipinski definition) is 1. The van der Waals surface area contributed by atoms with Gasteiger partial charge >= 0.3 is 6.18 Å². The van der Waals surface area contributed by atoms with Crippen molar-refractivity contribution in [1.82, 2.24) is 25.1 Å². The molecule has 8 heteroatoms. The van der Waals surface area contributed by atoms with Gasteiger partial charge in [-0.25, -0.2) is 9.97 Å². The van der Waals surface area contributed by atoms with Gasteiger partial charge in [-0.15, -0.1) is 0 Å². The van der Waals surface area contributed by atoms with E-state index in [9.17, 15) is 13.2 Å². The molecule has 0 saturated carbocycles. The number of nitrogens with one attached hydrogen (secondary N) is 1. The van der Waals surface area contributed by atoms with Crippen LogP contribution >= 0.6 is 0 Å². The molecular formula is C19H18F3N5. The van der Waals surface area contributed by atoms with Crippen molar-refractivity contribution in [2.45, 2.75) is 32.6 Å². The zero-order valence-electron chi connectivity index (χ0n) is 14.7. The summed E-state index contributed by atoms with van der Waals surface area (Å²) in [5, 5.41) is 7.01. The molecule has 0 atom stereocenters. The number of aromatic nitrogens is 4. The molecule has 27 heavy (non-hydrogen) atoms. The first-order valence-corrected chi connectivity index (χ1v) is 8.64. The molecular weight excluding hydrogens is 355 g/mol. The zero-order chi connectivity index (χ0) is 19.0. The fourth-order valence-electron chi connectivity index (χ4n) is 3.36. The molecule has 2 aromatic heterocycles. The van der Waals surface area contributed by atoms with Crippen LogP contribution in [0.5, 0.6) is 0 Å². The molecule has 0 aliphatic carbocycles. The summed E-state index contributed by atoms with van der Waals surface area (Å²) in [4.78, 5) is 11.0. The zero-order valence-corrected chi connectivity index (χ0v) is 14.7.